The Morgan fingerprint density at radius 2 is 1.37 bits per heavy atom. The van der Waals surface area contributed by atoms with Crippen molar-refractivity contribution in [2.45, 2.75) is 19.8 Å². The lowest BCUT2D eigenvalue weighted by Crippen LogP contribution is -2.13. The van der Waals surface area contributed by atoms with E-state index >= 15 is 0 Å². The molecule has 1 N–H and O–H groups in total. The second-order valence-corrected chi connectivity index (χ2v) is 6.72. The van der Waals surface area contributed by atoms with E-state index in [4.69, 9.17) is 14.2 Å². The summed E-state index contributed by atoms with van der Waals surface area (Å²) in [6.07, 6.45) is 2.12. The van der Waals surface area contributed by atoms with Crippen molar-refractivity contribution in [2.75, 3.05) is 25.1 Å². The highest BCUT2D eigenvalue weighted by molar-refractivity contribution is 6.04. The van der Waals surface area contributed by atoms with Crippen LogP contribution in [0.4, 0.5) is 5.69 Å². The molecule has 0 atom stereocenters. The summed E-state index contributed by atoms with van der Waals surface area (Å²) in [6.45, 7) is 3.64. The molecule has 0 heterocycles. The molecule has 0 saturated carbocycles. The number of hydrogen-bond acceptors (Lipinski definition) is 4. The van der Waals surface area contributed by atoms with E-state index in [1.807, 2.05) is 60.7 Å². The first kappa shape index (κ1) is 21.2. The molecule has 0 spiro atoms. The van der Waals surface area contributed by atoms with Crippen LogP contribution in [0.15, 0.2) is 78.9 Å². The Morgan fingerprint density at radius 3 is 2.10 bits per heavy atom. The number of amides is 1. The van der Waals surface area contributed by atoms with E-state index in [1.165, 1.54) is 0 Å². The molecule has 0 aromatic heterocycles. The zero-order chi connectivity index (χ0) is 21.0. The van der Waals surface area contributed by atoms with E-state index in [-0.39, 0.29) is 5.91 Å². The van der Waals surface area contributed by atoms with Gasteiger partial charge in [-0.1, -0.05) is 37.6 Å². The van der Waals surface area contributed by atoms with Gasteiger partial charge in [-0.2, -0.15) is 0 Å². The van der Waals surface area contributed by atoms with Crippen molar-refractivity contribution in [2.24, 2.45) is 0 Å². The maximum atomic E-state index is 12.6. The van der Waals surface area contributed by atoms with Gasteiger partial charge in [0.1, 0.15) is 30.5 Å². The lowest BCUT2D eigenvalue weighted by Gasteiger charge is -2.10. The van der Waals surface area contributed by atoms with Crippen LogP contribution in [-0.2, 0) is 0 Å². The predicted octanol–water partition coefficient (Wildman–Crippen LogP) is 5.58. The van der Waals surface area contributed by atoms with Gasteiger partial charge in [-0.25, -0.2) is 0 Å². The zero-order valence-corrected chi connectivity index (χ0v) is 17.2. The standard InChI is InChI=1S/C25H27NO4/c1-2-3-16-28-23-14-12-21(13-15-23)26-25(27)20-8-7-11-24(19-20)30-18-17-29-22-9-5-4-6-10-22/h4-15,19H,2-3,16-18H2,1H3,(H,26,27). The van der Waals surface area contributed by atoms with Gasteiger partial charge in [0.2, 0.25) is 0 Å². The third kappa shape index (κ3) is 6.85. The summed E-state index contributed by atoms with van der Waals surface area (Å²) in [7, 11) is 0. The molecule has 5 nitrogen and oxygen atoms in total. The fourth-order valence-electron chi connectivity index (χ4n) is 2.73. The van der Waals surface area contributed by atoms with Crippen molar-refractivity contribution >= 4 is 11.6 Å². The highest BCUT2D eigenvalue weighted by atomic mass is 16.5. The van der Waals surface area contributed by atoms with E-state index in [2.05, 4.69) is 12.2 Å². The highest BCUT2D eigenvalue weighted by Crippen LogP contribution is 2.19. The number of carbonyl (C=O) groups is 1. The van der Waals surface area contributed by atoms with Gasteiger partial charge < -0.3 is 19.5 Å². The van der Waals surface area contributed by atoms with Crippen molar-refractivity contribution in [3.8, 4) is 17.2 Å². The molecule has 156 valence electrons. The van der Waals surface area contributed by atoms with Gasteiger partial charge in [0, 0.05) is 11.3 Å². The van der Waals surface area contributed by atoms with Gasteiger partial charge in [-0.15, -0.1) is 0 Å². The van der Waals surface area contributed by atoms with Gasteiger partial charge in [-0.3, -0.25) is 4.79 Å². The minimum Gasteiger partial charge on any atom is -0.494 e. The molecule has 5 heteroatoms. The average Bonchev–Trinajstić information content (AvgIpc) is 2.79. The van der Waals surface area contributed by atoms with Crippen LogP contribution in [-0.4, -0.2) is 25.7 Å². The molecular weight excluding hydrogens is 378 g/mol. The smallest absolute Gasteiger partial charge is 0.255 e. The number of carbonyl (C=O) groups excluding carboxylic acids is 1. The minimum absolute atomic E-state index is 0.194. The van der Waals surface area contributed by atoms with E-state index < -0.39 is 0 Å². The minimum atomic E-state index is -0.194. The van der Waals surface area contributed by atoms with E-state index in [0.29, 0.717) is 36.8 Å². The summed E-state index contributed by atoms with van der Waals surface area (Å²) in [5, 5.41) is 2.89. The molecule has 1 amide bonds. The van der Waals surface area contributed by atoms with Crippen LogP contribution in [0, 0.1) is 0 Å². The lowest BCUT2D eigenvalue weighted by atomic mass is 10.2. The Bertz CT molecular complexity index is 910. The van der Waals surface area contributed by atoms with Crippen LogP contribution >= 0.6 is 0 Å². The Kier molecular flexibility index (Phi) is 8.15. The molecule has 30 heavy (non-hydrogen) atoms. The molecule has 0 saturated heterocycles. The number of ether oxygens (including phenoxy) is 3. The summed E-state index contributed by atoms with van der Waals surface area (Å²) in [5.74, 6) is 2.03. The van der Waals surface area contributed by atoms with Crippen LogP contribution in [0.3, 0.4) is 0 Å². The molecule has 0 unspecified atom stereocenters. The van der Waals surface area contributed by atoms with E-state index in [9.17, 15) is 4.79 Å². The summed E-state index contributed by atoms with van der Waals surface area (Å²) in [5.41, 5.74) is 1.24. The van der Waals surface area contributed by atoms with E-state index in [0.717, 1.165) is 24.3 Å². The third-order valence-corrected chi connectivity index (χ3v) is 4.34. The van der Waals surface area contributed by atoms with Crippen molar-refractivity contribution in [1.29, 1.82) is 0 Å². The Hall–Kier alpha value is -3.47. The van der Waals surface area contributed by atoms with Crippen molar-refractivity contribution in [1.82, 2.24) is 0 Å². The van der Waals surface area contributed by atoms with E-state index in [1.54, 1.807) is 18.2 Å². The second-order valence-electron chi connectivity index (χ2n) is 6.72. The molecular formula is C25H27NO4. The van der Waals surface area contributed by atoms with Crippen LogP contribution in [0.1, 0.15) is 30.1 Å². The fraction of sp³-hybridized carbons (Fsp3) is 0.240. The number of hydrogen-bond donors (Lipinski definition) is 1. The van der Waals surface area contributed by atoms with Crippen molar-refractivity contribution < 1.29 is 19.0 Å². The number of anilines is 1. The number of rotatable bonds is 11. The maximum Gasteiger partial charge on any atom is 0.255 e. The normalized spacial score (nSPS) is 10.3. The molecule has 0 aliphatic carbocycles. The van der Waals surface area contributed by atoms with Crippen LogP contribution in [0.25, 0.3) is 0 Å². The van der Waals surface area contributed by atoms with Gasteiger partial charge in [0.25, 0.3) is 5.91 Å². The van der Waals surface area contributed by atoms with Crippen molar-refractivity contribution in [3.63, 3.8) is 0 Å². The molecule has 0 aliphatic rings. The quantitative estimate of drug-likeness (QED) is 0.423. The predicted molar refractivity (Wildman–Crippen MR) is 119 cm³/mol. The fourth-order valence-corrected chi connectivity index (χ4v) is 2.73. The molecule has 3 rings (SSSR count). The largest absolute Gasteiger partial charge is 0.494 e. The summed E-state index contributed by atoms with van der Waals surface area (Å²) in [4.78, 5) is 12.6. The highest BCUT2D eigenvalue weighted by Gasteiger charge is 2.08. The number of unbranched alkanes of at least 4 members (excludes halogenated alkanes) is 1. The second kappa shape index (κ2) is 11.5. The maximum absolute atomic E-state index is 12.6. The molecule has 0 aliphatic heterocycles. The Morgan fingerprint density at radius 1 is 0.733 bits per heavy atom. The summed E-state index contributed by atoms with van der Waals surface area (Å²) in [6, 6.07) is 24.1. The lowest BCUT2D eigenvalue weighted by molar-refractivity contribution is 0.102. The molecule has 0 fully saturated rings. The number of nitrogens with one attached hydrogen (secondary N) is 1. The van der Waals surface area contributed by atoms with Crippen LogP contribution in [0.5, 0.6) is 17.2 Å². The molecule has 0 bridgehead atoms. The van der Waals surface area contributed by atoms with Gasteiger partial charge in [0.15, 0.2) is 0 Å². The van der Waals surface area contributed by atoms with Gasteiger partial charge in [0.05, 0.1) is 6.61 Å². The Balaban J connectivity index is 1.47. The first-order chi connectivity index (χ1) is 14.7. The molecule has 3 aromatic rings. The van der Waals surface area contributed by atoms with Gasteiger partial charge >= 0.3 is 0 Å². The topological polar surface area (TPSA) is 56.8 Å². The Labute approximate surface area is 177 Å². The SMILES string of the molecule is CCCCOc1ccc(NC(=O)c2cccc(OCCOc3ccccc3)c2)cc1. The monoisotopic (exact) mass is 405 g/mol. The molecule has 3 aromatic carbocycles. The van der Waals surface area contributed by atoms with Gasteiger partial charge in [-0.05, 0) is 61.0 Å². The zero-order valence-electron chi connectivity index (χ0n) is 17.2. The third-order valence-electron chi connectivity index (χ3n) is 4.34. The number of para-hydroxylation sites is 1. The molecule has 0 radical (unpaired) electrons. The number of benzene rings is 3. The summed E-state index contributed by atoms with van der Waals surface area (Å²) < 4.78 is 17.0. The van der Waals surface area contributed by atoms with Crippen molar-refractivity contribution in [3.05, 3.63) is 84.4 Å². The summed E-state index contributed by atoms with van der Waals surface area (Å²) >= 11 is 0. The average molecular weight is 405 g/mol. The van der Waals surface area contributed by atoms with Crippen LogP contribution < -0.4 is 19.5 Å². The first-order valence-corrected chi connectivity index (χ1v) is 10.2. The van der Waals surface area contributed by atoms with Crippen LogP contribution in [0.2, 0.25) is 0 Å². The first-order valence-electron chi connectivity index (χ1n) is 10.2.